The van der Waals surface area contributed by atoms with E-state index >= 15 is 0 Å². The molecule has 2 aromatic rings. The molecule has 2 heterocycles. The Hall–Kier alpha value is -1.86. The minimum atomic E-state index is -1.08. The minimum absolute atomic E-state index is 0.226. The summed E-state index contributed by atoms with van der Waals surface area (Å²) in [5.41, 5.74) is 1.51. The molecular weight excluding hydrogens is 334 g/mol. The van der Waals surface area contributed by atoms with Crippen LogP contribution in [0, 0.1) is 0 Å². The average Bonchev–Trinajstić information content (AvgIpc) is 3.05. The second kappa shape index (κ2) is 7.14. The van der Waals surface area contributed by atoms with Crippen molar-refractivity contribution in [1.82, 2.24) is 5.32 Å². The summed E-state index contributed by atoms with van der Waals surface area (Å²) in [6.45, 7) is 5.19. The van der Waals surface area contributed by atoms with Gasteiger partial charge in [-0.1, -0.05) is 0 Å². The maximum Gasteiger partial charge on any atom is 0.408 e. The Bertz CT molecular complexity index is 671. The molecule has 5 nitrogen and oxygen atoms in total. The van der Waals surface area contributed by atoms with Gasteiger partial charge in [-0.05, 0) is 60.2 Å². The summed E-state index contributed by atoms with van der Waals surface area (Å²) >= 11 is 3.10. The Labute approximate surface area is 142 Å². The first-order valence-corrected chi connectivity index (χ1v) is 8.89. The molecule has 1 unspecified atom stereocenters. The Morgan fingerprint density at radius 2 is 2.04 bits per heavy atom. The first-order chi connectivity index (χ1) is 10.7. The largest absolute Gasteiger partial charge is 0.480 e. The van der Waals surface area contributed by atoms with Gasteiger partial charge in [-0.25, -0.2) is 9.59 Å². The van der Waals surface area contributed by atoms with Crippen LogP contribution in [0.4, 0.5) is 4.79 Å². The van der Waals surface area contributed by atoms with Gasteiger partial charge < -0.3 is 15.2 Å². The summed E-state index contributed by atoms with van der Waals surface area (Å²) in [7, 11) is 0. The number of amides is 1. The Morgan fingerprint density at radius 3 is 2.61 bits per heavy atom. The summed E-state index contributed by atoms with van der Waals surface area (Å²) in [4.78, 5) is 24.0. The molecule has 2 rings (SSSR count). The fraction of sp³-hybridized carbons (Fsp3) is 0.375. The maximum atomic E-state index is 11.8. The monoisotopic (exact) mass is 353 g/mol. The second-order valence-corrected chi connectivity index (χ2v) is 7.83. The number of aliphatic carboxylic acids is 1. The third kappa shape index (κ3) is 5.37. The van der Waals surface area contributed by atoms with E-state index in [-0.39, 0.29) is 6.42 Å². The van der Waals surface area contributed by atoms with Crippen molar-refractivity contribution in [3.63, 3.8) is 0 Å². The molecule has 2 N–H and O–H groups in total. The molecule has 2 aromatic heterocycles. The fourth-order valence-electron chi connectivity index (χ4n) is 1.92. The topological polar surface area (TPSA) is 75.6 Å². The van der Waals surface area contributed by atoms with Crippen LogP contribution >= 0.6 is 22.7 Å². The number of carbonyl (C=O) groups is 2. The highest BCUT2D eigenvalue weighted by molar-refractivity contribution is 7.10. The maximum absolute atomic E-state index is 11.8. The van der Waals surface area contributed by atoms with Crippen molar-refractivity contribution in [2.45, 2.75) is 38.8 Å². The highest BCUT2D eigenvalue weighted by Gasteiger charge is 2.24. The van der Waals surface area contributed by atoms with Crippen molar-refractivity contribution in [1.29, 1.82) is 0 Å². The smallest absolute Gasteiger partial charge is 0.408 e. The molecule has 0 saturated carbocycles. The Morgan fingerprint density at radius 1 is 1.30 bits per heavy atom. The van der Waals surface area contributed by atoms with E-state index in [1.54, 1.807) is 32.1 Å². The summed E-state index contributed by atoms with van der Waals surface area (Å²) < 4.78 is 5.11. The highest BCUT2D eigenvalue weighted by atomic mass is 32.1. The van der Waals surface area contributed by atoms with Gasteiger partial charge in [0, 0.05) is 11.3 Å². The number of carboxylic acids is 1. The zero-order chi connectivity index (χ0) is 17.0. The normalized spacial score (nSPS) is 12.7. The van der Waals surface area contributed by atoms with Gasteiger partial charge in [0.15, 0.2) is 0 Å². The van der Waals surface area contributed by atoms with Crippen LogP contribution in [0.5, 0.6) is 0 Å². The first-order valence-electron chi connectivity index (χ1n) is 7.07. The number of carboxylic acid groups (broad SMARTS) is 1. The van der Waals surface area contributed by atoms with Crippen LogP contribution in [0.1, 0.15) is 25.6 Å². The summed E-state index contributed by atoms with van der Waals surface area (Å²) in [6, 6.07) is 2.96. The highest BCUT2D eigenvalue weighted by Crippen LogP contribution is 2.28. The van der Waals surface area contributed by atoms with Gasteiger partial charge in [-0.2, -0.15) is 11.3 Å². The van der Waals surface area contributed by atoms with Crippen LogP contribution < -0.4 is 5.32 Å². The Balaban J connectivity index is 2.02. The molecule has 0 bridgehead atoms. The number of carbonyl (C=O) groups excluding carboxylic acids is 1. The number of rotatable bonds is 5. The zero-order valence-electron chi connectivity index (χ0n) is 13.2. The van der Waals surface area contributed by atoms with Gasteiger partial charge in [0.05, 0.1) is 0 Å². The molecule has 0 aliphatic rings. The first kappa shape index (κ1) is 17.5. The van der Waals surface area contributed by atoms with Crippen LogP contribution in [0.3, 0.4) is 0 Å². The molecule has 0 fully saturated rings. The van der Waals surface area contributed by atoms with E-state index in [1.165, 1.54) is 11.3 Å². The number of thiophene rings is 2. The van der Waals surface area contributed by atoms with Gasteiger partial charge in [0.2, 0.25) is 0 Å². The molecule has 0 spiro atoms. The zero-order valence-corrected chi connectivity index (χ0v) is 14.8. The van der Waals surface area contributed by atoms with E-state index in [9.17, 15) is 14.7 Å². The molecule has 124 valence electrons. The lowest BCUT2D eigenvalue weighted by molar-refractivity contribution is -0.139. The molecule has 0 saturated heterocycles. The molecule has 0 aliphatic carbocycles. The third-order valence-corrected chi connectivity index (χ3v) is 4.54. The number of alkyl carbamates (subject to hydrolysis) is 1. The Kier molecular flexibility index (Phi) is 5.43. The van der Waals surface area contributed by atoms with E-state index in [0.717, 1.165) is 16.0 Å². The number of hydrogen-bond donors (Lipinski definition) is 2. The molecule has 23 heavy (non-hydrogen) atoms. The standard InChI is InChI=1S/C16H19NO4S2/c1-16(2,3)21-15(20)17-13(14(18)19)7-12-6-11(9-23-12)10-4-5-22-8-10/h4-6,8-9,13H,7H2,1-3H3,(H,17,20)(H,18,19). The molecule has 1 atom stereocenters. The van der Waals surface area contributed by atoms with Crippen molar-refractivity contribution in [3.8, 4) is 11.1 Å². The summed E-state index contributed by atoms with van der Waals surface area (Å²) in [5.74, 6) is -1.08. The fourth-order valence-corrected chi connectivity index (χ4v) is 3.52. The average molecular weight is 353 g/mol. The van der Waals surface area contributed by atoms with Crippen molar-refractivity contribution in [2.24, 2.45) is 0 Å². The number of nitrogens with one attached hydrogen (secondary N) is 1. The molecule has 0 radical (unpaired) electrons. The van der Waals surface area contributed by atoms with Gasteiger partial charge in [-0.3, -0.25) is 0 Å². The van der Waals surface area contributed by atoms with E-state index < -0.39 is 23.7 Å². The second-order valence-electron chi connectivity index (χ2n) is 6.05. The number of ether oxygens (including phenoxy) is 1. The molecule has 0 aromatic carbocycles. The number of hydrogen-bond acceptors (Lipinski definition) is 5. The predicted octanol–water partition coefficient (Wildman–Crippen LogP) is 4.00. The SMILES string of the molecule is CC(C)(C)OC(=O)NC(Cc1cc(-c2ccsc2)cs1)C(=O)O. The van der Waals surface area contributed by atoms with Crippen molar-refractivity contribution >= 4 is 34.7 Å². The molecule has 1 amide bonds. The summed E-state index contributed by atoms with van der Waals surface area (Å²) in [5, 5.41) is 17.7. The van der Waals surface area contributed by atoms with E-state index in [1.807, 2.05) is 28.3 Å². The molecular formula is C16H19NO4S2. The minimum Gasteiger partial charge on any atom is -0.480 e. The molecule has 0 aliphatic heterocycles. The van der Waals surface area contributed by atoms with Gasteiger partial charge in [-0.15, -0.1) is 11.3 Å². The van der Waals surface area contributed by atoms with Crippen LogP contribution in [0.2, 0.25) is 0 Å². The van der Waals surface area contributed by atoms with E-state index in [2.05, 4.69) is 5.32 Å². The van der Waals surface area contributed by atoms with Gasteiger partial charge in [0.25, 0.3) is 0 Å². The van der Waals surface area contributed by atoms with Gasteiger partial charge in [0.1, 0.15) is 11.6 Å². The lowest BCUT2D eigenvalue weighted by Gasteiger charge is -2.21. The van der Waals surface area contributed by atoms with E-state index in [0.29, 0.717) is 0 Å². The summed E-state index contributed by atoms with van der Waals surface area (Å²) in [6.07, 6.45) is -0.497. The van der Waals surface area contributed by atoms with Crippen molar-refractivity contribution in [2.75, 3.05) is 0 Å². The van der Waals surface area contributed by atoms with Gasteiger partial charge >= 0.3 is 12.1 Å². The predicted molar refractivity (Wildman–Crippen MR) is 92.1 cm³/mol. The van der Waals surface area contributed by atoms with Crippen molar-refractivity contribution in [3.05, 3.63) is 33.2 Å². The van der Waals surface area contributed by atoms with Crippen LogP contribution in [0.15, 0.2) is 28.3 Å². The van der Waals surface area contributed by atoms with Crippen molar-refractivity contribution < 1.29 is 19.4 Å². The van der Waals surface area contributed by atoms with Crippen LogP contribution in [-0.2, 0) is 16.0 Å². The third-order valence-electron chi connectivity index (χ3n) is 2.90. The van der Waals surface area contributed by atoms with Crippen LogP contribution in [0.25, 0.3) is 11.1 Å². The molecule has 7 heteroatoms. The van der Waals surface area contributed by atoms with Crippen LogP contribution in [-0.4, -0.2) is 28.8 Å². The van der Waals surface area contributed by atoms with E-state index in [4.69, 9.17) is 4.74 Å². The lowest BCUT2D eigenvalue weighted by Crippen LogP contribution is -2.44. The quantitative estimate of drug-likeness (QED) is 0.852. The lowest BCUT2D eigenvalue weighted by atomic mass is 10.1.